The third-order valence-electron chi connectivity index (χ3n) is 3.52. The summed E-state index contributed by atoms with van der Waals surface area (Å²) in [6.45, 7) is 0. The van der Waals surface area contributed by atoms with Crippen molar-refractivity contribution in [1.29, 1.82) is 0 Å². The van der Waals surface area contributed by atoms with E-state index >= 15 is 0 Å². The monoisotopic (exact) mass is 304 g/mol. The van der Waals surface area contributed by atoms with Crippen LogP contribution in [0.4, 0.5) is 4.39 Å². The number of aryl methyl sites for hydroxylation is 2. The molecule has 1 atom stereocenters. The van der Waals surface area contributed by atoms with Crippen molar-refractivity contribution >= 4 is 21.4 Å². The Balaban J connectivity index is 1.77. The Morgan fingerprint density at radius 1 is 1.43 bits per heavy atom. The average Bonchev–Trinajstić information content (AvgIpc) is 3.05. The van der Waals surface area contributed by atoms with E-state index in [9.17, 15) is 4.39 Å². The highest BCUT2D eigenvalue weighted by Crippen LogP contribution is 2.32. The minimum atomic E-state index is -0.209. The van der Waals surface area contributed by atoms with Crippen molar-refractivity contribution < 1.29 is 4.39 Å². The summed E-state index contributed by atoms with van der Waals surface area (Å²) in [5.41, 5.74) is 4.05. The number of thiophene rings is 1. The van der Waals surface area contributed by atoms with E-state index in [2.05, 4.69) is 10.5 Å². The molecule has 3 aromatic rings. The van der Waals surface area contributed by atoms with E-state index in [1.165, 1.54) is 11.6 Å². The molecule has 0 bridgehead atoms. The number of nitrogens with zero attached hydrogens (tertiary/aromatic N) is 2. The van der Waals surface area contributed by atoms with Gasteiger partial charge in [0.15, 0.2) is 0 Å². The van der Waals surface area contributed by atoms with Crippen LogP contribution in [0.1, 0.15) is 22.9 Å². The van der Waals surface area contributed by atoms with Crippen molar-refractivity contribution in [2.45, 2.75) is 18.9 Å². The predicted molar refractivity (Wildman–Crippen MR) is 83.4 cm³/mol. The van der Waals surface area contributed by atoms with Gasteiger partial charge in [-0.3, -0.25) is 16.0 Å². The van der Waals surface area contributed by atoms with E-state index in [1.54, 1.807) is 22.1 Å². The van der Waals surface area contributed by atoms with Crippen molar-refractivity contribution in [2.75, 3.05) is 0 Å². The number of aromatic nitrogens is 2. The zero-order valence-corrected chi connectivity index (χ0v) is 12.5. The Labute approximate surface area is 126 Å². The highest BCUT2D eigenvalue weighted by atomic mass is 32.1. The largest absolute Gasteiger partial charge is 0.276 e. The Bertz CT molecular complexity index is 749. The SMILES string of the molecule is Cn1cc(CCC(NN)c2cc3cc(F)ccc3s2)cn1. The summed E-state index contributed by atoms with van der Waals surface area (Å²) in [6.07, 6.45) is 5.64. The molecule has 1 unspecified atom stereocenters. The van der Waals surface area contributed by atoms with Gasteiger partial charge in [-0.15, -0.1) is 11.3 Å². The molecule has 0 aliphatic rings. The maximum Gasteiger partial charge on any atom is 0.123 e. The summed E-state index contributed by atoms with van der Waals surface area (Å²) in [5.74, 6) is 5.48. The molecule has 2 heterocycles. The highest BCUT2D eigenvalue weighted by Gasteiger charge is 2.14. The van der Waals surface area contributed by atoms with Gasteiger partial charge in [0.25, 0.3) is 0 Å². The van der Waals surface area contributed by atoms with Gasteiger partial charge in [0.1, 0.15) is 5.82 Å². The summed E-state index contributed by atoms with van der Waals surface area (Å²) in [4.78, 5) is 1.13. The number of rotatable bonds is 5. The second kappa shape index (κ2) is 5.93. The van der Waals surface area contributed by atoms with Crippen LogP contribution in [0.15, 0.2) is 36.7 Å². The van der Waals surface area contributed by atoms with Gasteiger partial charge in [-0.05, 0) is 48.1 Å². The van der Waals surface area contributed by atoms with Crippen LogP contribution in [0, 0.1) is 5.82 Å². The first kappa shape index (κ1) is 14.2. The number of fused-ring (bicyclic) bond motifs is 1. The molecule has 4 nitrogen and oxygen atoms in total. The molecule has 3 rings (SSSR count). The number of benzene rings is 1. The predicted octanol–water partition coefficient (Wildman–Crippen LogP) is 2.91. The molecule has 110 valence electrons. The highest BCUT2D eigenvalue weighted by molar-refractivity contribution is 7.19. The third-order valence-corrected chi connectivity index (χ3v) is 4.75. The van der Waals surface area contributed by atoms with Gasteiger partial charge in [-0.1, -0.05) is 0 Å². The number of hydrogen-bond donors (Lipinski definition) is 2. The molecular formula is C15H17FN4S. The van der Waals surface area contributed by atoms with Gasteiger partial charge < -0.3 is 0 Å². The van der Waals surface area contributed by atoms with Gasteiger partial charge in [0.2, 0.25) is 0 Å². The second-order valence-corrected chi connectivity index (χ2v) is 6.23. The Morgan fingerprint density at radius 2 is 2.29 bits per heavy atom. The molecule has 6 heteroatoms. The zero-order valence-electron chi connectivity index (χ0n) is 11.7. The fourth-order valence-corrected chi connectivity index (χ4v) is 3.57. The van der Waals surface area contributed by atoms with E-state index in [-0.39, 0.29) is 11.9 Å². The maximum absolute atomic E-state index is 13.3. The quantitative estimate of drug-likeness (QED) is 0.563. The molecule has 2 aromatic heterocycles. The zero-order chi connectivity index (χ0) is 14.8. The smallest absolute Gasteiger partial charge is 0.123 e. The molecule has 0 amide bonds. The minimum absolute atomic E-state index is 0.0608. The van der Waals surface area contributed by atoms with Crippen LogP contribution >= 0.6 is 11.3 Å². The Morgan fingerprint density at radius 3 is 3.00 bits per heavy atom. The molecule has 3 N–H and O–H groups in total. The van der Waals surface area contributed by atoms with Crippen LogP contribution in [0.2, 0.25) is 0 Å². The summed E-state index contributed by atoms with van der Waals surface area (Å²) in [7, 11) is 1.91. The first-order valence-electron chi connectivity index (χ1n) is 6.78. The fourth-order valence-electron chi connectivity index (χ4n) is 2.43. The summed E-state index contributed by atoms with van der Waals surface area (Å²) in [6, 6.07) is 6.93. The lowest BCUT2D eigenvalue weighted by atomic mass is 10.1. The Hall–Kier alpha value is -1.76. The maximum atomic E-state index is 13.3. The van der Waals surface area contributed by atoms with E-state index in [4.69, 9.17) is 5.84 Å². The second-order valence-electron chi connectivity index (χ2n) is 5.11. The lowest BCUT2D eigenvalue weighted by Gasteiger charge is -2.13. The van der Waals surface area contributed by atoms with Crippen molar-refractivity contribution in [3.05, 3.63) is 52.9 Å². The number of halogens is 1. The average molecular weight is 304 g/mol. The molecule has 0 saturated carbocycles. The third kappa shape index (κ3) is 3.12. The van der Waals surface area contributed by atoms with Gasteiger partial charge in [-0.25, -0.2) is 4.39 Å². The standard InChI is InChI=1S/C15H17FN4S/c1-20-9-10(8-18-20)2-4-13(19-17)15-7-11-6-12(16)3-5-14(11)21-15/h3,5-9,13,19H,2,4,17H2,1H3. The van der Waals surface area contributed by atoms with Crippen molar-refractivity contribution in [1.82, 2.24) is 15.2 Å². The fraction of sp³-hybridized carbons (Fsp3) is 0.267. The number of nitrogens with one attached hydrogen (secondary N) is 1. The molecule has 0 aliphatic carbocycles. The van der Waals surface area contributed by atoms with Crippen LogP contribution in [0.3, 0.4) is 0 Å². The topological polar surface area (TPSA) is 55.9 Å². The van der Waals surface area contributed by atoms with Gasteiger partial charge >= 0.3 is 0 Å². The van der Waals surface area contributed by atoms with Crippen molar-refractivity contribution in [2.24, 2.45) is 12.9 Å². The number of nitrogens with two attached hydrogens (primary N) is 1. The molecule has 0 fully saturated rings. The van der Waals surface area contributed by atoms with Crippen molar-refractivity contribution in [3.63, 3.8) is 0 Å². The van der Waals surface area contributed by atoms with E-state index in [1.807, 2.05) is 31.6 Å². The van der Waals surface area contributed by atoms with Gasteiger partial charge in [-0.2, -0.15) is 5.10 Å². The molecule has 21 heavy (non-hydrogen) atoms. The molecular weight excluding hydrogens is 287 g/mol. The number of hydrogen-bond acceptors (Lipinski definition) is 4. The molecule has 0 saturated heterocycles. The van der Waals surface area contributed by atoms with Gasteiger partial charge in [0.05, 0.1) is 12.2 Å². The lowest BCUT2D eigenvalue weighted by Crippen LogP contribution is -2.27. The Kier molecular flexibility index (Phi) is 4.01. The normalized spacial score (nSPS) is 12.9. The first-order chi connectivity index (χ1) is 10.2. The summed E-state index contributed by atoms with van der Waals surface area (Å²) in [5, 5.41) is 5.09. The van der Waals surface area contributed by atoms with Crippen molar-refractivity contribution in [3.8, 4) is 0 Å². The van der Waals surface area contributed by atoms with Crippen LogP contribution in [0.25, 0.3) is 10.1 Å². The first-order valence-corrected chi connectivity index (χ1v) is 7.60. The van der Waals surface area contributed by atoms with E-state index in [0.29, 0.717) is 0 Å². The summed E-state index contributed by atoms with van der Waals surface area (Å²) >= 11 is 1.65. The van der Waals surface area contributed by atoms with Crippen LogP contribution < -0.4 is 11.3 Å². The molecule has 0 radical (unpaired) electrons. The minimum Gasteiger partial charge on any atom is -0.276 e. The van der Waals surface area contributed by atoms with E-state index in [0.717, 1.165) is 27.8 Å². The van der Waals surface area contributed by atoms with Crippen LogP contribution in [-0.4, -0.2) is 9.78 Å². The number of hydrazine groups is 1. The van der Waals surface area contributed by atoms with Gasteiger partial charge in [0, 0.05) is 22.8 Å². The van der Waals surface area contributed by atoms with E-state index < -0.39 is 0 Å². The lowest BCUT2D eigenvalue weighted by molar-refractivity contribution is 0.524. The molecule has 1 aromatic carbocycles. The van der Waals surface area contributed by atoms with Crippen LogP contribution in [0.5, 0.6) is 0 Å². The summed E-state index contributed by atoms with van der Waals surface area (Å²) < 4.78 is 16.1. The van der Waals surface area contributed by atoms with Crippen LogP contribution in [-0.2, 0) is 13.5 Å². The molecule has 0 spiro atoms. The molecule has 0 aliphatic heterocycles.